The highest BCUT2D eigenvalue weighted by Crippen LogP contribution is 2.54. The molecule has 3 saturated heterocycles. The highest BCUT2D eigenvalue weighted by molar-refractivity contribution is 5.95. The summed E-state index contributed by atoms with van der Waals surface area (Å²) >= 11 is 0. The third-order valence-corrected chi connectivity index (χ3v) is 17.5. The molecule has 0 N–H and O–H groups in total. The van der Waals surface area contributed by atoms with Crippen molar-refractivity contribution < 1.29 is 61.8 Å². The van der Waals surface area contributed by atoms with Crippen molar-refractivity contribution in [2.75, 3.05) is 68.3 Å². The molecular weight excluding hydrogens is 899 g/mol. The van der Waals surface area contributed by atoms with Gasteiger partial charge in [-0.25, -0.2) is 14.4 Å². The smallest absolute Gasteiger partial charge is 0.338 e. The summed E-state index contributed by atoms with van der Waals surface area (Å²) in [6.07, 6.45) is 8.29. The van der Waals surface area contributed by atoms with E-state index in [1.807, 2.05) is 18.2 Å². The minimum Gasteiger partial charge on any atom is -0.458 e. The van der Waals surface area contributed by atoms with E-state index in [2.05, 4.69) is 61.8 Å². The summed E-state index contributed by atoms with van der Waals surface area (Å²) in [6, 6.07) is 12.3. The van der Waals surface area contributed by atoms with Crippen LogP contribution in [0.25, 0.3) is 0 Å². The number of hydrogen-bond donors (Lipinski definition) is 0. The molecule has 15 rings (SSSR count). The Morgan fingerprint density at radius 2 is 0.971 bits per heavy atom. The number of fused-ring (bicyclic) bond motifs is 18. The monoisotopic (exact) mass is 957 g/mol. The van der Waals surface area contributed by atoms with E-state index in [4.69, 9.17) is 47.4 Å². The molecule has 0 spiro atoms. The summed E-state index contributed by atoms with van der Waals surface area (Å²) in [5.74, 6) is 5.09. The number of carbonyl (C=O) groups excluding carboxylic acids is 3. The van der Waals surface area contributed by atoms with Crippen molar-refractivity contribution in [3.8, 4) is 34.5 Å². The minimum atomic E-state index is -0.316. The van der Waals surface area contributed by atoms with Crippen molar-refractivity contribution in [3.63, 3.8) is 0 Å². The fourth-order valence-corrected chi connectivity index (χ4v) is 14.3. The Balaban J connectivity index is 0.000000103. The number of likely N-dealkylation sites (N-methyl/N-ethyl adjacent to an activating group) is 3. The molecule has 70 heavy (non-hydrogen) atoms. The average Bonchev–Trinajstić information content (AvgIpc) is 4.24. The number of likely N-dealkylation sites (tertiary alicyclic amines) is 3. The molecule has 0 aromatic heterocycles. The largest absolute Gasteiger partial charge is 0.458 e. The number of nitrogens with zero attached hydrogens (tertiary/aromatic N) is 3. The van der Waals surface area contributed by atoms with E-state index in [0.29, 0.717) is 63.6 Å². The van der Waals surface area contributed by atoms with Crippen LogP contribution in [0.1, 0.15) is 105 Å². The van der Waals surface area contributed by atoms with E-state index in [1.54, 1.807) is 25.3 Å². The first-order chi connectivity index (χ1) is 33.9. The summed E-state index contributed by atoms with van der Waals surface area (Å²) in [6.45, 7) is 8.18. The van der Waals surface area contributed by atoms with E-state index in [1.165, 1.54) is 17.6 Å². The van der Waals surface area contributed by atoms with Crippen LogP contribution in [0.3, 0.4) is 0 Å². The van der Waals surface area contributed by atoms with Crippen molar-refractivity contribution in [2.24, 2.45) is 17.8 Å². The molecule has 3 aromatic carbocycles. The number of ether oxygens (including phenoxy) is 10. The van der Waals surface area contributed by atoms with Crippen LogP contribution in [0, 0.1) is 17.8 Å². The van der Waals surface area contributed by atoms with Gasteiger partial charge in [0.25, 0.3) is 0 Å². The molecule has 3 aromatic rings. The zero-order valence-corrected chi connectivity index (χ0v) is 40.3. The lowest BCUT2D eigenvalue weighted by molar-refractivity contribution is -0.0468. The Morgan fingerprint density at radius 1 is 0.529 bits per heavy atom. The lowest BCUT2D eigenvalue weighted by Gasteiger charge is -2.47. The first-order valence-corrected chi connectivity index (χ1v) is 24.9. The van der Waals surface area contributed by atoms with Crippen molar-refractivity contribution in [3.05, 3.63) is 93.1 Å². The maximum absolute atomic E-state index is 12.6. The lowest BCUT2D eigenvalue weighted by atomic mass is 9.66. The third-order valence-electron chi connectivity index (χ3n) is 17.5. The van der Waals surface area contributed by atoms with Gasteiger partial charge in [0, 0.05) is 62.0 Å². The van der Waals surface area contributed by atoms with Crippen molar-refractivity contribution >= 4 is 17.9 Å². The van der Waals surface area contributed by atoms with Gasteiger partial charge >= 0.3 is 17.9 Å². The van der Waals surface area contributed by atoms with Crippen LogP contribution in [0.2, 0.25) is 0 Å². The lowest BCUT2D eigenvalue weighted by Crippen LogP contribution is -2.51. The van der Waals surface area contributed by atoms with Crippen LogP contribution in [-0.2, 0) is 18.9 Å². The van der Waals surface area contributed by atoms with E-state index in [9.17, 15) is 14.4 Å². The number of esters is 3. The van der Waals surface area contributed by atoms with Gasteiger partial charge in [0.05, 0.1) is 16.7 Å². The summed E-state index contributed by atoms with van der Waals surface area (Å²) in [4.78, 5) is 44.8. The summed E-state index contributed by atoms with van der Waals surface area (Å²) in [7, 11) is 8.14. The van der Waals surface area contributed by atoms with Crippen LogP contribution in [0.5, 0.6) is 34.5 Å². The molecule has 16 heteroatoms. The molecule has 16 nitrogen and oxygen atoms in total. The van der Waals surface area contributed by atoms with Crippen LogP contribution in [0.4, 0.5) is 0 Å². The molecule has 0 amide bonds. The van der Waals surface area contributed by atoms with E-state index < -0.39 is 0 Å². The number of methoxy groups -OCH3 is 1. The Kier molecular flexibility index (Phi) is 10.5. The second-order valence-electron chi connectivity index (χ2n) is 21.2. The van der Waals surface area contributed by atoms with Crippen LogP contribution in [-0.4, -0.2) is 143 Å². The van der Waals surface area contributed by atoms with Crippen LogP contribution < -0.4 is 28.4 Å². The second kappa shape index (κ2) is 16.6. The van der Waals surface area contributed by atoms with Gasteiger partial charge in [0.2, 0.25) is 20.4 Å². The average molecular weight is 958 g/mol. The molecule has 3 aliphatic carbocycles. The SMILES string of the molecule is CO[C@@H]1C=C2CCN(C)[C@@H]2[C@H]2c3cc4c(cc3C(=O)O[C@H]21)OCO4.C[C@@H]1C=C2CCN(C)[C@@H]2[C@H]2c3cc4c(cc3C(=O)O[C@H]21)OCO4.C[C@H]1C[C@H]2CCN(C)[C@H]2[C@@H]2c3cc4c(cc3C(=O)O[C@@H]21)OCO4. The number of hydrogen-bond acceptors (Lipinski definition) is 16. The maximum atomic E-state index is 12.6. The molecule has 1 saturated carbocycles. The zero-order chi connectivity index (χ0) is 47.9. The Morgan fingerprint density at radius 3 is 1.49 bits per heavy atom. The van der Waals surface area contributed by atoms with Gasteiger partial charge < -0.3 is 52.3 Å². The van der Waals surface area contributed by atoms with Crippen molar-refractivity contribution in [1.29, 1.82) is 0 Å². The second-order valence-corrected chi connectivity index (χ2v) is 21.2. The Labute approximate surface area is 406 Å². The highest BCUT2D eigenvalue weighted by atomic mass is 16.7. The molecule has 9 heterocycles. The molecule has 4 fully saturated rings. The van der Waals surface area contributed by atoms with Crippen molar-refractivity contribution in [2.45, 2.75) is 99.8 Å². The number of benzene rings is 3. The van der Waals surface area contributed by atoms with Crippen molar-refractivity contribution in [1.82, 2.24) is 14.7 Å². The molecular formula is C54H59N3O13. The molecule has 9 aliphatic heterocycles. The van der Waals surface area contributed by atoms with Gasteiger partial charge in [-0.1, -0.05) is 37.1 Å². The van der Waals surface area contributed by atoms with Crippen LogP contribution in [0.15, 0.2) is 59.7 Å². The molecule has 0 bridgehead atoms. The minimum absolute atomic E-state index is 0.0304. The third kappa shape index (κ3) is 6.79. The molecule has 0 radical (unpaired) electrons. The molecule has 13 atom stereocenters. The molecule has 368 valence electrons. The Bertz CT molecular complexity index is 2770. The van der Waals surface area contributed by atoms with Gasteiger partial charge in [-0.05, 0) is 118 Å². The molecule has 12 aliphatic rings. The summed E-state index contributed by atoms with van der Waals surface area (Å²) in [5, 5.41) is 0. The topological polar surface area (TPSA) is 153 Å². The predicted molar refractivity (Wildman–Crippen MR) is 250 cm³/mol. The van der Waals surface area contributed by atoms with Gasteiger partial charge in [0.1, 0.15) is 24.4 Å². The number of rotatable bonds is 1. The fraction of sp³-hybridized carbons (Fsp3) is 0.537. The van der Waals surface area contributed by atoms with Gasteiger partial charge in [-0.2, -0.15) is 0 Å². The molecule has 0 unspecified atom stereocenters. The van der Waals surface area contributed by atoms with Gasteiger partial charge in [-0.15, -0.1) is 0 Å². The maximum Gasteiger partial charge on any atom is 0.338 e. The van der Waals surface area contributed by atoms with E-state index in [-0.39, 0.29) is 92.4 Å². The number of carbonyl (C=O) groups is 3. The Hall–Kier alpha value is -5.81. The first-order valence-electron chi connectivity index (χ1n) is 24.9. The fourth-order valence-electron chi connectivity index (χ4n) is 14.3. The quantitative estimate of drug-likeness (QED) is 0.150. The van der Waals surface area contributed by atoms with E-state index >= 15 is 0 Å². The van der Waals surface area contributed by atoms with Crippen LogP contribution >= 0.6 is 0 Å². The summed E-state index contributed by atoms with van der Waals surface area (Å²) < 4.78 is 56.1. The normalized spacial score (nSPS) is 35.2. The van der Waals surface area contributed by atoms with E-state index in [0.717, 1.165) is 67.1 Å². The summed E-state index contributed by atoms with van der Waals surface area (Å²) in [5.41, 5.74) is 7.82. The first kappa shape index (κ1) is 44.2. The highest BCUT2D eigenvalue weighted by Gasteiger charge is 2.55. The predicted octanol–water partition coefficient (Wildman–Crippen LogP) is 6.41. The van der Waals surface area contributed by atoms with Gasteiger partial charge in [-0.3, -0.25) is 9.80 Å². The standard InChI is InChI=1S/C18H19NO5.C18H21NO4.C18H19NO4/c1-19-4-3-9-5-14(21-2)17-15(16(9)19)10-6-12-13(23-8-22-12)7-11(10)18(20)24-17;2*1-9-5-10-3-4-19(2)16(10)15-11-6-13-14(22-8-21-13)7-12(11)18(20)23-17(9)15/h5-7,14-17H,3-4,8H2,1-2H3;6-7,9-10,15-17H,3-5,8H2,1-2H3;5-7,9,15-17H,3-4,8H2,1-2H3/t14-,15-,16+,17+;9-,10+,15-,16+,17+;9-,15-,16+,17+/m101/s1. The van der Waals surface area contributed by atoms with Gasteiger partial charge in [0.15, 0.2) is 34.5 Å². The zero-order valence-electron chi connectivity index (χ0n) is 40.3.